The fourth-order valence-electron chi connectivity index (χ4n) is 1.96. The van der Waals surface area contributed by atoms with Crippen molar-refractivity contribution in [3.05, 3.63) is 28.2 Å². The third-order valence-corrected chi connectivity index (χ3v) is 2.93. The van der Waals surface area contributed by atoms with Crippen molar-refractivity contribution < 1.29 is 19.2 Å². The predicted octanol–water partition coefficient (Wildman–Crippen LogP) is 1.81. The summed E-state index contributed by atoms with van der Waals surface area (Å²) in [4.78, 5) is 13.3. The summed E-state index contributed by atoms with van der Waals surface area (Å²) >= 11 is 0. The monoisotopic (exact) mass is 256 g/mol. The Labute approximate surface area is 103 Å². The van der Waals surface area contributed by atoms with Crippen LogP contribution in [0.1, 0.15) is 25.7 Å². The summed E-state index contributed by atoms with van der Waals surface area (Å²) in [6, 6.07) is 0.761. The Kier molecular flexibility index (Phi) is 3.71. The van der Waals surface area contributed by atoms with Crippen molar-refractivity contribution in [2.24, 2.45) is 0 Å². The van der Waals surface area contributed by atoms with Crippen LogP contribution >= 0.6 is 0 Å². The van der Waals surface area contributed by atoms with E-state index in [1.54, 1.807) is 0 Å². The number of aliphatic hydroxyl groups excluding tert-OH is 1. The average molecular weight is 256 g/mol. The van der Waals surface area contributed by atoms with Gasteiger partial charge in [-0.2, -0.15) is 0 Å². The Hall–Kier alpha value is -1.76. The van der Waals surface area contributed by atoms with Crippen molar-refractivity contribution in [3.63, 3.8) is 0 Å². The highest BCUT2D eigenvalue weighted by molar-refractivity contribution is 5.30. The minimum Gasteiger partial charge on any atom is -0.470 e. The van der Waals surface area contributed by atoms with E-state index >= 15 is 0 Å². The summed E-state index contributed by atoms with van der Waals surface area (Å²) in [7, 11) is 0. The fraction of sp³-hybridized carbons (Fsp3) is 0.545. The number of nitro groups is 1. The first-order chi connectivity index (χ1) is 8.58. The second-order valence-corrected chi connectivity index (χ2v) is 4.25. The molecule has 0 aliphatic heterocycles. The number of hydrogen-bond acceptors (Lipinski definition) is 5. The SMILES string of the molecule is O=[N+]([O-])c1cnc(OC2CCCCC2O)c(F)c1. The van der Waals surface area contributed by atoms with Crippen molar-refractivity contribution in [2.45, 2.75) is 37.9 Å². The Morgan fingerprint density at radius 2 is 2.22 bits per heavy atom. The second-order valence-electron chi connectivity index (χ2n) is 4.25. The van der Waals surface area contributed by atoms with Gasteiger partial charge in [-0.1, -0.05) is 6.42 Å². The van der Waals surface area contributed by atoms with Gasteiger partial charge in [0.05, 0.1) is 17.1 Å². The van der Waals surface area contributed by atoms with E-state index < -0.39 is 28.6 Å². The molecule has 1 heterocycles. The summed E-state index contributed by atoms with van der Waals surface area (Å²) in [5, 5.41) is 20.1. The van der Waals surface area contributed by atoms with Crippen molar-refractivity contribution in [1.29, 1.82) is 0 Å². The van der Waals surface area contributed by atoms with E-state index in [0.717, 1.165) is 25.1 Å². The summed E-state index contributed by atoms with van der Waals surface area (Å²) in [5.74, 6) is -1.19. The highest BCUT2D eigenvalue weighted by atomic mass is 19.1. The summed E-state index contributed by atoms with van der Waals surface area (Å²) in [6.07, 6.45) is 2.84. The normalized spacial score (nSPS) is 23.7. The molecule has 2 atom stereocenters. The fourth-order valence-corrected chi connectivity index (χ4v) is 1.96. The molecule has 0 bridgehead atoms. The first kappa shape index (κ1) is 12.7. The highest BCUT2D eigenvalue weighted by Crippen LogP contribution is 2.25. The lowest BCUT2D eigenvalue weighted by Crippen LogP contribution is -2.35. The number of aliphatic hydroxyl groups is 1. The average Bonchev–Trinajstić information content (AvgIpc) is 2.34. The first-order valence-corrected chi connectivity index (χ1v) is 5.72. The van der Waals surface area contributed by atoms with Crippen LogP contribution in [-0.2, 0) is 0 Å². The molecular formula is C11H13FN2O4. The van der Waals surface area contributed by atoms with Gasteiger partial charge in [0, 0.05) is 0 Å². The lowest BCUT2D eigenvalue weighted by molar-refractivity contribution is -0.385. The Morgan fingerprint density at radius 3 is 2.83 bits per heavy atom. The van der Waals surface area contributed by atoms with Crippen molar-refractivity contribution in [1.82, 2.24) is 4.98 Å². The van der Waals surface area contributed by atoms with Gasteiger partial charge in [0.15, 0.2) is 5.82 Å². The Balaban J connectivity index is 2.11. The smallest absolute Gasteiger partial charge is 0.290 e. The zero-order valence-electron chi connectivity index (χ0n) is 9.58. The lowest BCUT2D eigenvalue weighted by Gasteiger charge is -2.27. The van der Waals surface area contributed by atoms with E-state index in [1.807, 2.05) is 0 Å². The molecule has 1 aromatic heterocycles. The molecule has 2 unspecified atom stereocenters. The molecule has 7 heteroatoms. The molecule has 6 nitrogen and oxygen atoms in total. The standard InChI is InChI=1S/C11H13FN2O4/c12-8-5-7(14(16)17)6-13-11(8)18-10-4-2-1-3-9(10)15/h5-6,9-10,15H,1-4H2. The summed E-state index contributed by atoms with van der Waals surface area (Å²) in [6.45, 7) is 0. The number of hydrogen-bond donors (Lipinski definition) is 1. The van der Waals surface area contributed by atoms with Crippen LogP contribution in [-0.4, -0.2) is 27.2 Å². The van der Waals surface area contributed by atoms with Crippen LogP contribution in [0.4, 0.5) is 10.1 Å². The summed E-state index contributed by atoms with van der Waals surface area (Å²) in [5.41, 5.74) is -0.427. The van der Waals surface area contributed by atoms with Crippen molar-refractivity contribution in [3.8, 4) is 5.88 Å². The molecule has 1 aliphatic rings. The molecule has 1 saturated carbocycles. The number of rotatable bonds is 3. The molecule has 1 aromatic rings. The number of aromatic nitrogens is 1. The van der Waals surface area contributed by atoms with Gasteiger partial charge in [-0.25, -0.2) is 9.37 Å². The topological polar surface area (TPSA) is 85.5 Å². The zero-order chi connectivity index (χ0) is 13.1. The van der Waals surface area contributed by atoms with Gasteiger partial charge in [-0.3, -0.25) is 10.1 Å². The predicted molar refractivity (Wildman–Crippen MR) is 59.7 cm³/mol. The van der Waals surface area contributed by atoms with Crippen LogP contribution in [0.5, 0.6) is 5.88 Å². The Bertz CT molecular complexity index is 455. The van der Waals surface area contributed by atoms with Gasteiger partial charge >= 0.3 is 0 Å². The minimum absolute atomic E-state index is 0.299. The highest BCUT2D eigenvalue weighted by Gasteiger charge is 2.26. The molecular weight excluding hydrogens is 243 g/mol. The molecule has 2 rings (SSSR count). The van der Waals surface area contributed by atoms with Crippen LogP contribution < -0.4 is 4.74 Å². The molecule has 0 saturated heterocycles. The maximum atomic E-state index is 13.5. The number of halogens is 1. The molecule has 98 valence electrons. The van der Waals surface area contributed by atoms with Crippen LogP contribution in [0, 0.1) is 15.9 Å². The maximum absolute atomic E-state index is 13.5. The largest absolute Gasteiger partial charge is 0.470 e. The Morgan fingerprint density at radius 1 is 1.50 bits per heavy atom. The van der Waals surface area contributed by atoms with Crippen LogP contribution in [0.25, 0.3) is 0 Å². The van der Waals surface area contributed by atoms with Crippen molar-refractivity contribution in [2.75, 3.05) is 0 Å². The maximum Gasteiger partial charge on any atom is 0.290 e. The first-order valence-electron chi connectivity index (χ1n) is 5.72. The number of nitrogens with zero attached hydrogens (tertiary/aromatic N) is 2. The van der Waals surface area contributed by atoms with E-state index in [0.29, 0.717) is 12.8 Å². The van der Waals surface area contributed by atoms with Crippen molar-refractivity contribution >= 4 is 5.69 Å². The number of ether oxygens (including phenoxy) is 1. The van der Waals surface area contributed by atoms with E-state index in [2.05, 4.69) is 4.98 Å². The van der Waals surface area contributed by atoms with E-state index in [-0.39, 0.29) is 5.88 Å². The number of pyridine rings is 1. The van der Waals surface area contributed by atoms with Crippen LogP contribution in [0.15, 0.2) is 12.3 Å². The molecule has 0 amide bonds. The van der Waals surface area contributed by atoms with Gasteiger partial charge in [-0.15, -0.1) is 0 Å². The van der Waals surface area contributed by atoms with E-state index in [1.165, 1.54) is 0 Å². The molecule has 0 aromatic carbocycles. The molecule has 1 fully saturated rings. The quantitative estimate of drug-likeness (QED) is 0.658. The van der Waals surface area contributed by atoms with E-state index in [9.17, 15) is 19.6 Å². The minimum atomic E-state index is -0.887. The third kappa shape index (κ3) is 2.73. The second kappa shape index (κ2) is 5.26. The van der Waals surface area contributed by atoms with Crippen LogP contribution in [0.2, 0.25) is 0 Å². The third-order valence-electron chi connectivity index (χ3n) is 2.93. The van der Waals surface area contributed by atoms with Crippen LogP contribution in [0.3, 0.4) is 0 Å². The lowest BCUT2D eigenvalue weighted by atomic mass is 9.95. The molecule has 0 radical (unpaired) electrons. The zero-order valence-corrected chi connectivity index (χ0v) is 9.58. The van der Waals surface area contributed by atoms with Gasteiger partial charge in [0.1, 0.15) is 12.3 Å². The molecule has 0 spiro atoms. The molecule has 18 heavy (non-hydrogen) atoms. The molecule has 1 aliphatic carbocycles. The van der Waals surface area contributed by atoms with Gasteiger partial charge in [0.25, 0.3) is 11.6 Å². The van der Waals surface area contributed by atoms with Gasteiger partial charge in [-0.05, 0) is 19.3 Å². The van der Waals surface area contributed by atoms with Gasteiger partial charge in [0.2, 0.25) is 0 Å². The van der Waals surface area contributed by atoms with E-state index in [4.69, 9.17) is 4.74 Å². The molecule has 1 N–H and O–H groups in total. The summed E-state index contributed by atoms with van der Waals surface area (Å²) < 4.78 is 18.8. The van der Waals surface area contributed by atoms with Gasteiger partial charge < -0.3 is 9.84 Å².